The minimum atomic E-state index is 0.516. The van der Waals surface area contributed by atoms with Gasteiger partial charge in [0.05, 0.1) is 0 Å². The summed E-state index contributed by atoms with van der Waals surface area (Å²) in [6.45, 7) is 10.6. The zero-order valence-electron chi connectivity index (χ0n) is 12.2. The Morgan fingerprint density at radius 1 is 1.16 bits per heavy atom. The molecule has 0 fully saturated rings. The number of rotatable bonds is 9. The van der Waals surface area contributed by atoms with Crippen LogP contribution in [-0.4, -0.2) is 41.0 Å². The van der Waals surface area contributed by atoms with Crippen molar-refractivity contribution in [2.75, 3.05) is 31.5 Å². The van der Waals surface area contributed by atoms with Gasteiger partial charge in [-0.1, -0.05) is 32.4 Å². The van der Waals surface area contributed by atoms with Gasteiger partial charge in [-0.25, -0.2) is 9.97 Å². The molecule has 0 aliphatic rings. The average Bonchev–Trinajstić information content (AvgIpc) is 2.37. The fourth-order valence-corrected chi connectivity index (χ4v) is 2.18. The second-order valence-electron chi connectivity index (χ2n) is 4.60. The van der Waals surface area contributed by atoms with Crippen LogP contribution in [0.5, 0.6) is 0 Å². The third-order valence-corrected chi connectivity index (χ3v) is 3.13. The smallest absolute Gasteiger partial charge is 0.134 e. The maximum Gasteiger partial charge on any atom is 0.134 e. The second-order valence-corrected chi connectivity index (χ2v) is 4.99. The molecule has 1 aromatic rings. The van der Waals surface area contributed by atoms with E-state index in [-0.39, 0.29) is 0 Å². The van der Waals surface area contributed by atoms with Crippen molar-refractivity contribution in [3.63, 3.8) is 0 Å². The van der Waals surface area contributed by atoms with Crippen molar-refractivity contribution in [3.05, 3.63) is 17.0 Å². The second kappa shape index (κ2) is 9.10. The molecule has 4 nitrogen and oxygen atoms in total. The third kappa shape index (κ3) is 6.21. The lowest BCUT2D eigenvalue weighted by Gasteiger charge is -2.19. The maximum atomic E-state index is 6.00. The number of anilines is 1. The first-order chi connectivity index (χ1) is 9.19. The van der Waals surface area contributed by atoms with E-state index in [0.717, 1.165) is 50.7 Å². The highest BCUT2D eigenvalue weighted by atomic mass is 35.5. The van der Waals surface area contributed by atoms with Gasteiger partial charge in [0.15, 0.2) is 0 Å². The fourth-order valence-electron chi connectivity index (χ4n) is 1.98. The molecule has 1 heterocycles. The molecule has 0 amide bonds. The van der Waals surface area contributed by atoms with Crippen LogP contribution < -0.4 is 5.32 Å². The van der Waals surface area contributed by atoms with Gasteiger partial charge in [-0.05, 0) is 25.9 Å². The molecule has 0 spiro atoms. The van der Waals surface area contributed by atoms with E-state index in [9.17, 15) is 0 Å². The highest BCUT2D eigenvalue weighted by Crippen LogP contribution is 2.12. The van der Waals surface area contributed by atoms with Gasteiger partial charge in [0, 0.05) is 25.6 Å². The van der Waals surface area contributed by atoms with Gasteiger partial charge in [-0.3, -0.25) is 0 Å². The predicted molar refractivity (Wildman–Crippen MR) is 81.9 cm³/mol. The normalized spacial score (nSPS) is 11.0. The first-order valence-corrected chi connectivity index (χ1v) is 7.57. The largest absolute Gasteiger partial charge is 0.369 e. The van der Waals surface area contributed by atoms with Gasteiger partial charge in [-0.2, -0.15) is 0 Å². The van der Waals surface area contributed by atoms with E-state index >= 15 is 0 Å². The van der Waals surface area contributed by atoms with Gasteiger partial charge < -0.3 is 10.2 Å². The lowest BCUT2D eigenvalue weighted by molar-refractivity contribution is 0.300. The van der Waals surface area contributed by atoms with Crippen molar-refractivity contribution < 1.29 is 0 Å². The first-order valence-electron chi connectivity index (χ1n) is 7.19. The number of nitrogens with zero attached hydrogens (tertiary/aromatic N) is 3. The molecule has 0 aliphatic heterocycles. The van der Waals surface area contributed by atoms with Gasteiger partial charge in [0.1, 0.15) is 16.8 Å². The molecule has 0 aromatic carbocycles. The predicted octanol–water partition coefficient (Wildman–Crippen LogP) is 3.23. The number of aryl methyl sites for hydroxylation is 1. The van der Waals surface area contributed by atoms with Crippen LogP contribution in [0.1, 0.15) is 39.4 Å². The summed E-state index contributed by atoms with van der Waals surface area (Å²) in [5.41, 5.74) is 0. The van der Waals surface area contributed by atoms with Crippen molar-refractivity contribution in [3.8, 4) is 0 Å². The summed E-state index contributed by atoms with van der Waals surface area (Å²) < 4.78 is 0. The van der Waals surface area contributed by atoms with Gasteiger partial charge in [0.2, 0.25) is 0 Å². The first kappa shape index (κ1) is 16.2. The Morgan fingerprint density at radius 2 is 1.95 bits per heavy atom. The molecule has 5 heteroatoms. The van der Waals surface area contributed by atoms with Crippen molar-refractivity contribution >= 4 is 17.4 Å². The summed E-state index contributed by atoms with van der Waals surface area (Å²) in [7, 11) is 0. The Labute approximate surface area is 121 Å². The Bertz CT molecular complexity index is 370. The SMILES string of the molecule is CCCc1nc(Cl)cc(NCCN(CC)CCC)n1. The number of hydrogen-bond donors (Lipinski definition) is 1. The zero-order valence-corrected chi connectivity index (χ0v) is 13.0. The molecule has 0 unspecified atom stereocenters. The average molecular weight is 285 g/mol. The van der Waals surface area contributed by atoms with E-state index in [1.165, 1.54) is 6.42 Å². The van der Waals surface area contributed by atoms with Crippen molar-refractivity contribution in [2.45, 2.75) is 40.0 Å². The van der Waals surface area contributed by atoms with Gasteiger partial charge in [0.25, 0.3) is 0 Å². The van der Waals surface area contributed by atoms with Crippen LogP contribution in [0.25, 0.3) is 0 Å². The number of aromatic nitrogens is 2. The van der Waals surface area contributed by atoms with E-state index < -0.39 is 0 Å². The molecule has 0 saturated heterocycles. The molecule has 1 aromatic heterocycles. The summed E-state index contributed by atoms with van der Waals surface area (Å²) in [6, 6.07) is 1.79. The third-order valence-electron chi connectivity index (χ3n) is 2.94. The molecule has 0 bridgehead atoms. The summed E-state index contributed by atoms with van der Waals surface area (Å²) in [5, 5.41) is 3.85. The summed E-state index contributed by atoms with van der Waals surface area (Å²) in [6.07, 6.45) is 3.08. The Balaban J connectivity index is 2.48. The van der Waals surface area contributed by atoms with Crippen molar-refractivity contribution in [2.24, 2.45) is 0 Å². The van der Waals surface area contributed by atoms with E-state index in [2.05, 4.69) is 41.0 Å². The van der Waals surface area contributed by atoms with Crippen LogP contribution in [0.4, 0.5) is 5.82 Å². The van der Waals surface area contributed by atoms with Crippen LogP contribution in [0.3, 0.4) is 0 Å². The Hall–Kier alpha value is -0.870. The quantitative estimate of drug-likeness (QED) is 0.707. The van der Waals surface area contributed by atoms with Crippen LogP contribution in [-0.2, 0) is 6.42 Å². The summed E-state index contributed by atoms with van der Waals surface area (Å²) >= 11 is 6.00. The lowest BCUT2D eigenvalue weighted by Crippen LogP contribution is -2.29. The van der Waals surface area contributed by atoms with E-state index in [4.69, 9.17) is 11.6 Å². The molecule has 1 rings (SSSR count). The van der Waals surface area contributed by atoms with E-state index in [1.807, 2.05) is 0 Å². The molecule has 0 atom stereocenters. The van der Waals surface area contributed by atoms with E-state index in [0.29, 0.717) is 5.15 Å². The molecule has 1 N–H and O–H groups in total. The number of likely N-dealkylation sites (N-methyl/N-ethyl adjacent to an activating group) is 1. The molecule has 0 aliphatic carbocycles. The van der Waals surface area contributed by atoms with Crippen molar-refractivity contribution in [1.29, 1.82) is 0 Å². The van der Waals surface area contributed by atoms with Crippen molar-refractivity contribution in [1.82, 2.24) is 14.9 Å². The van der Waals surface area contributed by atoms with Gasteiger partial charge >= 0.3 is 0 Å². The van der Waals surface area contributed by atoms with Crippen LogP contribution in [0.15, 0.2) is 6.07 Å². The number of halogens is 1. The highest BCUT2D eigenvalue weighted by Gasteiger charge is 2.04. The van der Waals surface area contributed by atoms with Crippen LogP contribution >= 0.6 is 11.6 Å². The Morgan fingerprint density at radius 3 is 2.58 bits per heavy atom. The number of hydrogen-bond acceptors (Lipinski definition) is 4. The fraction of sp³-hybridized carbons (Fsp3) is 0.714. The molecule has 0 radical (unpaired) electrons. The maximum absolute atomic E-state index is 6.00. The Kier molecular flexibility index (Phi) is 7.75. The monoisotopic (exact) mass is 284 g/mol. The standard InChI is InChI=1S/C14H25ClN4/c1-4-7-13-17-12(15)11-14(18-13)16-8-10-19(6-3)9-5-2/h11H,4-10H2,1-3H3,(H,16,17,18). The molecule has 108 valence electrons. The van der Waals surface area contributed by atoms with Crippen LogP contribution in [0, 0.1) is 0 Å². The zero-order chi connectivity index (χ0) is 14.1. The van der Waals surface area contributed by atoms with Crippen LogP contribution in [0.2, 0.25) is 5.15 Å². The highest BCUT2D eigenvalue weighted by molar-refractivity contribution is 6.29. The summed E-state index contributed by atoms with van der Waals surface area (Å²) in [5.74, 6) is 1.65. The molecule has 0 saturated carbocycles. The molecular weight excluding hydrogens is 260 g/mol. The number of nitrogens with one attached hydrogen (secondary N) is 1. The molecule has 19 heavy (non-hydrogen) atoms. The van der Waals surface area contributed by atoms with Gasteiger partial charge in [-0.15, -0.1) is 0 Å². The summed E-state index contributed by atoms with van der Waals surface area (Å²) in [4.78, 5) is 11.1. The minimum Gasteiger partial charge on any atom is -0.369 e. The topological polar surface area (TPSA) is 41.1 Å². The minimum absolute atomic E-state index is 0.516. The molecular formula is C14H25ClN4. The van der Waals surface area contributed by atoms with E-state index in [1.54, 1.807) is 6.07 Å². The lowest BCUT2D eigenvalue weighted by atomic mass is 10.3.